The third-order valence-corrected chi connectivity index (χ3v) is 0. The zero-order valence-corrected chi connectivity index (χ0v) is 14.8. The summed E-state index contributed by atoms with van der Waals surface area (Å²) in [5.41, 5.74) is 0. The summed E-state index contributed by atoms with van der Waals surface area (Å²) < 4.78 is 0. The van der Waals surface area contributed by atoms with Gasteiger partial charge in [0.1, 0.15) is 0 Å². The van der Waals surface area contributed by atoms with E-state index < -0.39 is 0 Å². The first-order valence-electron chi connectivity index (χ1n) is 0. The van der Waals surface area contributed by atoms with E-state index in [0.29, 0.717) is 0 Å². The first-order chi connectivity index (χ1) is 0. The van der Waals surface area contributed by atoms with E-state index in [-0.39, 0.29) is 131 Å². The molecule has 0 fully saturated rings. The molecule has 0 rings (SSSR count). The molecule has 0 aromatic heterocycles. The van der Waals surface area contributed by atoms with Gasteiger partial charge in [0.2, 0.25) is 0 Å². The Kier molecular flexibility index (Phi) is 162. The van der Waals surface area contributed by atoms with E-state index in [1.54, 1.807) is 0 Å². The fraction of sp³-hybridized carbons (Fsp3) is 0. The van der Waals surface area contributed by atoms with E-state index in [1.165, 1.54) is 0 Å². The van der Waals surface area contributed by atoms with Crippen molar-refractivity contribution in [3.05, 3.63) is 0 Å². The van der Waals surface area contributed by atoms with Gasteiger partial charge in [-0.05, 0) is 0 Å². The molecule has 0 saturated carbocycles. The van der Waals surface area contributed by atoms with Gasteiger partial charge >= 0.3 is 0 Å². The van der Waals surface area contributed by atoms with E-state index in [1.807, 2.05) is 0 Å². The summed E-state index contributed by atoms with van der Waals surface area (Å²) in [7, 11) is 0. The Morgan fingerprint density at radius 2 is 0.200 bits per heavy atom. The van der Waals surface area contributed by atoms with Crippen LogP contribution < -0.4 is 0 Å². The Balaban J connectivity index is 0. The molecule has 5 heavy (non-hydrogen) atoms. The average Bonchev–Trinajstić information content (AvgIpc) is 0. The molecule has 0 saturated heterocycles. The number of hydrogen-bond donors (Lipinski definition) is 0. The van der Waals surface area contributed by atoms with Gasteiger partial charge in [-0.15, -0.1) is 0 Å². The van der Waals surface area contributed by atoms with Crippen molar-refractivity contribution >= 4 is 0 Å². The van der Waals surface area contributed by atoms with Gasteiger partial charge in [-0.2, -0.15) is 0 Å². The molecule has 0 aromatic carbocycles. The Hall–Kier alpha value is 4.42. The van der Waals surface area contributed by atoms with Crippen molar-refractivity contribution in [1.82, 2.24) is 0 Å². The second-order valence-corrected chi connectivity index (χ2v) is 0. The molecule has 20 valence electrons. The van der Waals surface area contributed by atoms with Crippen LogP contribution >= 0.6 is 0 Å². The molecule has 0 N–H and O–H groups in total. The van der Waals surface area contributed by atoms with E-state index in [9.17, 15) is 0 Å². The minimum absolute atomic E-state index is 0. The van der Waals surface area contributed by atoms with Crippen molar-refractivity contribution in [1.29, 1.82) is 0 Å². The normalized spacial score (nSPS) is 0. The van der Waals surface area contributed by atoms with Crippen LogP contribution in [0.4, 0.5) is 0 Å². The molecule has 5 heteroatoms. The predicted molar refractivity (Wildman–Crippen MR) is 0 cm³/mol. The van der Waals surface area contributed by atoms with E-state index in [4.69, 9.17) is 0 Å². The van der Waals surface area contributed by atoms with Gasteiger partial charge in [0, 0.05) is 131 Å². The van der Waals surface area contributed by atoms with Gasteiger partial charge in [-0.3, -0.25) is 0 Å². The van der Waals surface area contributed by atoms with Crippen LogP contribution in [0.15, 0.2) is 0 Å². The van der Waals surface area contributed by atoms with Crippen LogP contribution in [0.25, 0.3) is 0 Å². The Bertz CT molecular complexity index is 0. The first-order valence-corrected chi connectivity index (χ1v) is 0. The van der Waals surface area contributed by atoms with Crippen LogP contribution in [0, 0.1) is 0 Å². The largest absolute Gasteiger partial charge is 0 e. The Morgan fingerprint density at radius 1 is 0.200 bits per heavy atom. The molecule has 0 amide bonds. The summed E-state index contributed by atoms with van der Waals surface area (Å²) in [6, 6.07) is 0. The van der Waals surface area contributed by atoms with E-state index in [2.05, 4.69) is 0 Å². The van der Waals surface area contributed by atoms with Gasteiger partial charge in [-0.25, -0.2) is 0 Å². The summed E-state index contributed by atoms with van der Waals surface area (Å²) in [5.74, 6) is 0. The average molecular weight is 456 g/mol. The SMILES string of the molecule is [Zr].[Zr].[Zr].[Zr].[Zr]. The second kappa shape index (κ2) is 23.7. The molecule has 0 aliphatic carbocycles. The van der Waals surface area contributed by atoms with E-state index in [0.717, 1.165) is 0 Å². The molecule has 0 bridgehead atoms. The standard InChI is InChI=1S/5Zr. The van der Waals surface area contributed by atoms with Crippen molar-refractivity contribution in [2.45, 2.75) is 0 Å². The van der Waals surface area contributed by atoms with Gasteiger partial charge in [0.15, 0.2) is 0 Å². The molecule has 0 spiro atoms. The molecular weight excluding hydrogens is 456 g/mol. The van der Waals surface area contributed by atoms with Crippen LogP contribution in [0.2, 0.25) is 0 Å². The summed E-state index contributed by atoms with van der Waals surface area (Å²) in [6.07, 6.45) is 0. The summed E-state index contributed by atoms with van der Waals surface area (Å²) in [5, 5.41) is 0. The topological polar surface area (TPSA) is 0 Å². The maximum atomic E-state index is 0. The van der Waals surface area contributed by atoms with Crippen LogP contribution in [0.5, 0.6) is 0 Å². The van der Waals surface area contributed by atoms with Crippen LogP contribution in [0.3, 0.4) is 0 Å². The Labute approximate surface area is 128 Å². The van der Waals surface area contributed by atoms with Crippen LogP contribution in [-0.4, -0.2) is 0 Å². The summed E-state index contributed by atoms with van der Waals surface area (Å²) in [6.45, 7) is 0. The zero-order valence-electron chi connectivity index (χ0n) is 2.50. The molecule has 0 heterocycles. The maximum absolute atomic E-state index is 0. The van der Waals surface area contributed by atoms with Crippen molar-refractivity contribution in [3.8, 4) is 0 Å². The smallest absolute Gasteiger partial charge is 0 e. The molecule has 0 aliphatic heterocycles. The van der Waals surface area contributed by atoms with Crippen molar-refractivity contribution in [3.63, 3.8) is 0 Å². The molecular formula is Zr5. The zero-order chi connectivity index (χ0) is 0. The quantitative estimate of drug-likeness (QED) is 0.482. The molecule has 0 unspecified atom stereocenters. The van der Waals surface area contributed by atoms with Gasteiger partial charge in [0.25, 0.3) is 0 Å². The fourth-order valence-corrected chi connectivity index (χ4v) is 0. The van der Waals surface area contributed by atoms with Gasteiger partial charge in [0.05, 0.1) is 0 Å². The molecule has 0 nitrogen and oxygen atoms in total. The number of hydrogen-bond acceptors (Lipinski definition) is 0. The third kappa shape index (κ3) is 17.8. The monoisotopic (exact) mass is 450 g/mol. The minimum Gasteiger partial charge on any atom is 0 e. The minimum atomic E-state index is 0. The van der Waals surface area contributed by atoms with Crippen molar-refractivity contribution < 1.29 is 131 Å². The third-order valence-electron chi connectivity index (χ3n) is 0. The van der Waals surface area contributed by atoms with Crippen molar-refractivity contribution in [2.24, 2.45) is 0 Å². The number of rotatable bonds is 0. The van der Waals surface area contributed by atoms with Gasteiger partial charge in [-0.1, -0.05) is 0 Å². The molecule has 0 radical (unpaired) electrons. The molecule has 0 atom stereocenters. The second-order valence-electron chi connectivity index (χ2n) is 0. The van der Waals surface area contributed by atoms with Crippen molar-refractivity contribution in [2.75, 3.05) is 0 Å². The summed E-state index contributed by atoms with van der Waals surface area (Å²) in [4.78, 5) is 0. The van der Waals surface area contributed by atoms with E-state index >= 15 is 0 Å². The summed E-state index contributed by atoms with van der Waals surface area (Å²) >= 11 is 0. The molecule has 0 aromatic rings. The van der Waals surface area contributed by atoms with Gasteiger partial charge < -0.3 is 0 Å². The Morgan fingerprint density at radius 3 is 0.200 bits per heavy atom. The maximum Gasteiger partial charge on any atom is 0 e. The molecule has 0 aliphatic rings. The predicted octanol–water partition coefficient (Wildman–Crippen LogP) is -0.0125. The fourth-order valence-electron chi connectivity index (χ4n) is 0. The van der Waals surface area contributed by atoms with Crippen LogP contribution in [0.1, 0.15) is 0 Å². The first kappa shape index (κ1) is 34.2. The van der Waals surface area contributed by atoms with Crippen LogP contribution in [-0.2, 0) is 131 Å².